The quantitative estimate of drug-likeness (QED) is 0.0634. The molecule has 0 aromatic heterocycles. The van der Waals surface area contributed by atoms with Crippen LogP contribution in [0.3, 0.4) is 0 Å². The fourth-order valence-electron chi connectivity index (χ4n) is 8.02. The van der Waals surface area contributed by atoms with Gasteiger partial charge in [0.25, 0.3) is 0 Å². The molecule has 2 aromatic rings. The number of unbranched alkanes of at least 4 members (excludes halogenated alkanes) is 5. The first-order chi connectivity index (χ1) is 25.1. The first-order valence-corrected chi connectivity index (χ1v) is 20.5. The van der Waals surface area contributed by atoms with Crippen LogP contribution in [0.1, 0.15) is 176 Å². The maximum atomic E-state index is 12.9. The molecule has 0 radical (unpaired) electrons. The van der Waals surface area contributed by atoms with Gasteiger partial charge < -0.3 is 9.47 Å². The molecule has 8 nitrogen and oxygen atoms in total. The largest absolute Gasteiger partial charge is 0.462 e. The number of hydrogen-bond acceptors (Lipinski definition) is 8. The molecule has 298 valence electrons. The molecule has 0 saturated carbocycles. The predicted octanol–water partition coefficient (Wildman–Crippen LogP) is 11.3. The number of carbonyl (C=O) groups excluding carboxylic acids is 2. The van der Waals surface area contributed by atoms with Gasteiger partial charge in [0.05, 0.1) is 0 Å². The van der Waals surface area contributed by atoms with Crippen molar-refractivity contribution in [2.24, 2.45) is 0 Å². The normalized spacial score (nSPS) is 18.0. The number of ether oxygens (including phenoxy) is 2. The lowest BCUT2D eigenvalue weighted by atomic mass is 9.80. The molecule has 3 atom stereocenters. The molecule has 0 N–H and O–H groups in total. The lowest BCUT2D eigenvalue weighted by Gasteiger charge is -2.54. The van der Waals surface area contributed by atoms with E-state index in [0.29, 0.717) is 19.3 Å². The van der Waals surface area contributed by atoms with Gasteiger partial charge in [-0.2, -0.15) is 10.1 Å². The van der Waals surface area contributed by atoms with Gasteiger partial charge in [0.15, 0.2) is 0 Å². The third kappa shape index (κ3) is 14.8. The highest BCUT2D eigenvalue weighted by Crippen LogP contribution is 2.42. The summed E-state index contributed by atoms with van der Waals surface area (Å²) >= 11 is 0. The monoisotopic (exact) mass is 737 g/mol. The van der Waals surface area contributed by atoms with Crippen LogP contribution < -0.4 is 0 Å². The molecule has 2 aromatic carbocycles. The van der Waals surface area contributed by atoms with Gasteiger partial charge in [-0.15, -0.1) is 0 Å². The van der Waals surface area contributed by atoms with Gasteiger partial charge in [-0.05, 0) is 85.8 Å². The predicted molar refractivity (Wildman–Crippen MR) is 214 cm³/mol. The van der Waals surface area contributed by atoms with Crippen LogP contribution >= 0.6 is 0 Å². The van der Waals surface area contributed by atoms with E-state index < -0.39 is 0 Å². The maximum absolute atomic E-state index is 12.9. The Morgan fingerprint density at radius 3 is 1.77 bits per heavy atom. The smallest absolute Gasteiger partial charge is 0.306 e. The Morgan fingerprint density at radius 1 is 0.774 bits per heavy atom. The van der Waals surface area contributed by atoms with Crippen molar-refractivity contribution >= 4 is 11.9 Å². The third-order valence-electron chi connectivity index (χ3n) is 10.5. The number of hydroxylamine groups is 4. The molecule has 0 aliphatic carbocycles. The van der Waals surface area contributed by atoms with E-state index in [1.165, 1.54) is 0 Å². The van der Waals surface area contributed by atoms with Gasteiger partial charge in [0.1, 0.15) is 24.4 Å². The van der Waals surface area contributed by atoms with Gasteiger partial charge in [-0.25, -0.2) is 0 Å². The first-order valence-electron chi connectivity index (χ1n) is 20.5. The Kier molecular flexibility index (Phi) is 18.0. The number of nitrogens with zero attached hydrogens (tertiary/aromatic N) is 2. The van der Waals surface area contributed by atoms with Crippen LogP contribution in [0, 0.1) is 0 Å². The molecule has 8 heteroatoms. The average molecular weight is 737 g/mol. The molecule has 1 heterocycles. The van der Waals surface area contributed by atoms with Crippen LogP contribution in [0.4, 0.5) is 0 Å². The van der Waals surface area contributed by atoms with Crippen LogP contribution in [0.25, 0.3) is 0 Å². The van der Waals surface area contributed by atoms with Crippen molar-refractivity contribution in [3.05, 3.63) is 71.8 Å². The van der Waals surface area contributed by atoms with Crippen molar-refractivity contribution in [1.82, 2.24) is 10.1 Å². The zero-order valence-electron chi connectivity index (χ0n) is 34.8. The van der Waals surface area contributed by atoms with Crippen molar-refractivity contribution in [1.29, 1.82) is 0 Å². The summed E-state index contributed by atoms with van der Waals surface area (Å²) in [5, 5.41) is 4.16. The molecule has 1 fully saturated rings. The molecule has 1 aliphatic heterocycles. The summed E-state index contributed by atoms with van der Waals surface area (Å²) in [7, 11) is 0. The SMILES string of the molecule is CCCC(CC(C)(C)N(CC)OC(C)c1ccccc1)OC(=O)CCCCCCCCC(=O)OC1CC(C)(C)N(OC(C)c2ccccc2)C(C)(C)C1. The molecule has 1 aliphatic rings. The molecule has 0 amide bonds. The van der Waals surface area contributed by atoms with E-state index in [1.54, 1.807) is 0 Å². The number of rotatable bonds is 23. The molecule has 3 unspecified atom stereocenters. The lowest BCUT2D eigenvalue weighted by molar-refractivity contribution is -0.314. The highest BCUT2D eigenvalue weighted by molar-refractivity contribution is 5.69. The van der Waals surface area contributed by atoms with Crippen molar-refractivity contribution in [3.63, 3.8) is 0 Å². The first kappa shape index (κ1) is 44.6. The molecule has 3 rings (SSSR count). The molecule has 53 heavy (non-hydrogen) atoms. The highest BCUT2D eigenvalue weighted by atomic mass is 16.7. The minimum Gasteiger partial charge on any atom is -0.462 e. The number of carbonyl (C=O) groups is 2. The van der Waals surface area contributed by atoms with Crippen molar-refractivity contribution in [2.75, 3.05) is 6.54 Å². The maximum Gasteiger partial charge on any atom is 0.306 e. The molecule has 0 spiro atoms. The Labute approximate surface area is 322 Å². The van der Waals surface area contributed by atoms with Crippen LogP contribution in [0.2, 0.25) is 0 Å². The number of piperidine rings is 1. The van der Waals surface area contributed by atoms with E-state index in [1.807, 2.05) is 41.5 Å². The number of benzene rings is 2. The fraction of sp³-hybridized carbons (Fsp3) is 0.689. The van der Waals surface area contributed by atoms with Gasteiger partial charge in [0, 0.05) is 55.3 Å². The third-order valence-corrected chi connectivity index (χ3v) is 10.5. The minimum atomic E-state index is -0.300. The van der Waals surface area contributed by atoms with E-state index in [-0.39, 0.29) is 53.0 Å². The number of hydrogen-bond donors (Lipinski definition) is 0. The summed E-state index contributed by atoms with van der Waals surface area (Å²) in [4.78, 5) is 38.6. The topological polar surface area (TPSA) is 77.5 Å². The van der Waals surface area contributed by atoms with E-state index >= 15 is 0 Å². The Morgan fingerprint density at radius 2 is 1.26 bits per heavy atom. The van der Waals surface area contributed by atoms with Crippen LogP contribution in [0.15, 0.2) is 60.7 Å². The molecular weight excluding hydrogens is 665 g/mol. The van der Waals surface area contributed by atoms with Crippen molar-refractivity contribution in [3.8, 4) is 0 Å². The summed E-state index contributed by atoms with van der Waals surface area (Å²) in [6.07, 6.45) is 10.1. The number of esters is 2. The second-order valence-electron chi connectivity index (χ2n) is 17.0. The Hall–Kier alpha value is -2.78. The Balaban J connectivity index is 1.31. The summed E-state index contributed by atoms with van der Waals surface area (Å²) < 4.78 is 12.1. The molecule has 0 bridgehead atoms. The standard InChI is InChI=1S/C45H72N2O6/c1-11-25-39(32-43(5,6)46(12-2)52-35(3)37-26-19-17-20-27-37)50-41(48)30-23-15-13-14-16-24-31-42(49)51-40-33-44(7,8)47(45(9,10)34-40)53-36(4)38-28-21-18-22-29-38/h17-22,26-29,35-36,39-40H,11-16,23-25,30-34H2,1-10H3. The van der Waals surface area contributed by atoms with E-state index in [2.05, 4.69) is 98.6 Å². The second-order valence-corrected chi connectivity index (χ2v) is 17.0. The van der Waals surface area contributed by atoms with Gasteiger partial charge in [0.2, 0.25) is 0 Å². The lowest BCUT2D eigenvalue weighted by Crippen LogP contribution is -2.62. The van der Waals surface area contributed by atoms with Crippen LogP contribution in [-0.2, 0) is 28.7 Å². The summed E-state index contributed by atoms with van der Waals surface area (Å²) in [5.74, 6) is -0.224. The van der Waals surface area contributed by atoms with E-state index in [9.17, 15) is 9.59 Å². The second kappa shape index (κ2) is 21.3. The Bertz CT molecular complexity index is 1330. The van der Waals surface area contributed by atoms with Crippen molar-refractivity contribution in [2.45, 2.75) is 194 Å². The van der Waals surface area contributed by atoms with Crippen molar-refractivity contribution < 1.29 is 28.7 Å². The summed E-state index contributed by atoms with van der Waals surface area (Å²) in [5.41, 5.74) is 1.40. The van der Waals surface area contributed by atoms with Gasteiger partial charge in [-0.3, -0.25) is 19.3 Å². The molecular formula is C45H72N2O6. The van der Waals surface area contributed by atoms with E-state index in [0.717, 1.165) is 81.9 Å². The zero-order chi connectivity index (χ0) is 39.1. The van der Waals surface area contributed by atoms with Crippen LogP contribution in [0.5, 0.6) is 0 Å². The minimum absolute atomic E-state index is 0.0686. The highest BCUT2D eigenvalue weighted by Gasteiger charge is 2.48. The van der Waals surface area contributed by atoms with Gasteiger partial charge >= 0.3 is 11.9 Å². The summed E-state index contributed by atoms with van der Waals surface area (Å²) in [6.45, 7) is 22.1. The average Bonchev–Trinajstić information content (AvgIpc) is 3.09. The fourth-order valence-corrected chi connectivity index (χ4v) is 8.02. The summed E-state index contributed by atoms with van der Waals surface area (Å²) in [6, 6.07) is 20.5. The van der Waals surface area contributed by atoms with Crippen LogP contribution in [-0.4, -0.2) is 57.4 Å². The van der Waals surface area contributed by atoms with Gasteiger partial charge in [-0.1, -0.05) is 107 Å². The molecule has 1 saturated heterocycles. The van der Waals surface area contributed by atoms with E-state index in [4.69, 9.17) is 19.1 Å². The zero-order valence-corrected chi connectivity index (χ0v) is 34.8.